The van der Waals surface area contributed by atoms with E-state index in [2.05, 4.69) is 15.3 Å². The summed E-state index contributed by atoms with van der Waals surface area (Å²) in [6.45, 7) is 0.0967. The van der Waals surface area contributed by atoms with Crippen LogP contribution in [0.5, 0.6) is 0 Å². The van der Waals surface area contributed by atoms with Gasteiger partial charge in [-0.25, -0.2) is 14.6 Å². The zero-order chi connectivity index (χ0) is 13.7. The number of nitrogens with zero attached hydrogens (tertiary/aromatic N) is 1. The number of benzene rings is 1. The summed E-state index contributed by atoms with van der Waals surface area (Å²) in [5, 5.41) is 11.1. The van der Waals surface area contributed by atoms with Gasteiger partial charge in [0.2, 0.25) is 0 Å². The first-order chi connectivity index (χ1) is 9.16. The molecule has 98 valence electrons. The highest BCUT2D eigenvalue weighted by Crippen LogP contribution is 2.10. The second kappa shape index (κ2) is 5.67. The number of carboxylic acids is 1. The van der Waals surface area contributed by atoms with E-state index in [1.807, 2.05) is 30.3 Å². The molecule has 0 fully saturated rings. The van der Waals surface area contributed by atoms with E-state index in [4.69, 9.17) is 9.84 Å². The van der Waals surface area contributed by atoms with E-state index in [0.717, 1.165) is 5.56 Å². The molecule has 3 N–H and O–H groups in total. The van der Waals surface area contributed by atoms with Crippen LogP contribution in [0.15, 0.2) is 36.7 Å². The van der Waals surface area contributed by atoms with Crippen molar-refractivity contribution in [1.82, 2.24) is 9.97 Å². The summed E-state index contributed by atoms with van der Waals surface area (Å²) in [6.07, 6.45) is 0.412. The highest BCUT2D eigenvalue weighted by Gasteiger charge is 2.15. The molecule has 1 amide bonds. The van der Waals surface area contributed by atoms with E-state index in [1.165, 1.54) is 6.33 Å². The second-order valence-electron chi connectivity index (χ2n) is 3.62. The van der Waals surface area contributed by atoms with Gasteiger partial charge in [0.1, 0.15) is 6.61 Å². The monoisotopic (exact) mass is 261 g/mol. The number of rotatable bonds is 4. The standard InChI is InChI=1S/C12H11N3O4/c16-11(17)9-10(14-7-13-9)15-12(18)19-6-8-4-2-1-3-5-8/h1-5,7H,6H2,(H,13,14)(H,15,18)(H,16,17). The molecule has 1 aromatic heterocycles. The minimum atomic E-state index is -1.21. The van der Waals surface area contributed by atoms with Gasteiger partial charge in [-0.1, -0.05) is 30.3 Å². The molecular weight excluding hydrogens is 250 g/mol. The molecule has 7 heteroatoms. The molecule has 7 nitrogen and oxygen atoms in total. The highest BCUT2D eigenvalue weighted by atomic mass is 16.5. The van der Waals surface area contributed by atoms with Crippen molar-refractivity contribution in [3.05, 3.63) is 47.9 Å². The molecule has 0 spiro atoms. The fourth-order valence-electron chi connectivity index (χ4n) is 1.41. The summed E-state index contributed by atoms with van der Waals surface area (Å²) in [6, 6.07) is 9.13. The summed E-state index contributed by atoms with van der Waals surface area (Å²) >= 11 is 0. The molecule has 2 aromatic rings. The van der Waals surface area contributed by atoms with Crippen LogP contribution in [-0.4, -0.2) is 27.1 Å². The van der Waals surface area contributed by atoms with Crippen molar-refractivity contribution in [3.8, 4) is 0 Å². The Kier molecular flexibility index (Phi) is 3.77. The normalized spacial score (nSPS) is 9.89. The molecule has 0 aliphatic carbocycles. The first kappa shape index (κ1) is 12.6. The molecule has 0 saturated heterocycles. The summed E-state index contributed by atoms with van der Waals surface area (Å²) in [5.74, 6) is -1.29. The van der Waals surface area contributed by atoms with E-state index in [9.17, 15) is 9.59 Å². The van der Waals surface area contributed by atoms with Crippen molar-refractivity contribution < 1.29 is 19.4 Å². The first-order valence-corrected chi connectivity index (χ1v) is 5.41. The van der Waals surface area contributed by atoms with Crippen LogP contribution >= 0.6 is 0 Å². The lowest BCUT2D eigenvalue weighted by molar-refractivity contribution is 0.0692. The molecule has 0 radical (unpaired) electrons. The molecule has 1 aromatic carbocycles. The number of imidazole rings is 1. The maximum Gasteiger partial charge on any atom is 0.413 e. The van der Waals surface area contributed by atoms with Gasteiger partial charge < -0.3 is 14.8 Å². The van der Waals surface area contributed by atoms with Crippen LogP contribution in [0.25, 0.3) is 0 Å². The molecule has 0 bridgehead atoms. The van der Waals surface area contributed by atoms with E-state index < -0.39 is 12.1 Å². The number of hydrogen-bond acceptors (Lipinski definition) is 4. The topological polar surface area (TPSA) is 104 Å². The number of carboxylic acid groups (broad SMARTS) is 1. The van der Waals surface area contributed by atoms with Gasteiger partial charge in [0.05, 0.1) is 6.33 Å². The number of ether oxygens (including phenoxy) is 1. The molecule has 0 unspecified atom stereocenters. The number of carbonyl (C=O) groups is 2. The highest BCUT2D eigenvalue weighted by molar-refractivity contribution is 5.95. The Morgan fingerprint density at radius 2 is 2.05 bits per heavy atom. The molecular formula is C12H11N3O4. The van der Waals surface area contributed by atoms with Crippen molar-refractivity contribution >= 4 is 17.9 Å². The molecule has 0 atom stereocenters. The third-order valence-electron chi connectivity index (χ3n) is 2.29. The van der Waals surface area contributed by atoms with E-state index in [0.29, 0.717) is 0 Å². The van der Waals surface area contributed by atoms with E-state index >= 15 is 0 Å². The number of nitrogens with one attached hydrogen (secondary N) is 2. The molecule has 2 rings (SSSR count). The van der Waals surface area contributed by atoms with Crippen LogP contribution in [0, 0.1) is 0 Å². The number of amides is 1. The van der Waals surface area contributed by atoms with Gasteiger partial charge in [-0.15, -0.1) is 0 Å². The van der Waals surface area contributed by atoms with E-state index in [1.54, 1.807) is 0 Å². The Labute approximate surface area is 108 Å². The van der Waals surface area contributed by atoms with Crippen molar-refractivity contribution in [2.75, 3.05) is 5.32 Å². The number of aromatic nitrogens is 2. The number of anilines is 1. The van der Waals surface area contributed by atoms with Crippen molar-refractivity contribution in [1.29, 1.82) is 0 Å². The largest absolute Gasteiger partial charge is 0.476 e. The molecule has 1 heterocycles. The molecule has 0 saturated carbocycles. The second-order valence-corrected chi connectivity index (χ2v) is 3.62. The minimum absolute atomic E-state index is 0.0782. The van der Waals surface area contributed by atoms with Crippen LogP contribution in [0.1, 0.15) is 16.1 Å². The lowest BCUT2D eigenvalue weighted by Crippen LogP contribution is -2.16. The molecule has 0 aliphatic rings. The van der Waals surface area contributed by atoms with E-state index in [-0.39, 0.29) is 18.1 Å². The fraction of sp³-hybridized carbons (Fsp3) is 0.0833. The van der Waals surface area contributed by atoms with Crippen LogP contribution in [0.4, 0.5) is 10.6 Å². The van der Waals surface area contributed by atoms with Gasteiger partial charge in [0.15, 0.2) is 11.5 Å². The van der Waals surface area contributed by atoms with Gasteiger partial charge in [-0.3, -0.25) is 5.32 Å². The fourth-order valence-corrected chi connectivity index (χ4v) is 1.41. The number of H-pyrrole nitrogens is 1. The smallest absolute Gasteiger partial charge is 0.413 e. The van der Waals surface area contributed by atoms with Gasteiger partial charge in [0, 0.05) is 0 Å². The average Bonchev–Trinajstić information content (AvgIpc) is 2.86. The number of carbonyl (C=O) groups excluding carboxylic acids is 1. The predicted octanol–water partition coefficient (Wildman–Crippen LogP) is 1.86. The summed E-state index contributed by atoms with van der Waals surface area (Å²) in [7, 11) is 0. The first-order valence-electron chi connectivity index (χ1n) is 5.41. The van der Waals surface area contributed by atoms with Crippen molar-refractivity contribution in [2.45, 2.75) is 6.61 Å². The third-order valence-corrected chi connectivity index (χ3v) is 2.29. The molecule has 0 aliphatic heterocycles. The minimum Gasteiger partial charge on any atom is -0.476 e. The predicted molar refractivity (Wildman–Crippen MR) is 65.8 cm³/mol. The maximum atomic E-state index is 11.5. The number of aromatic carboxylic acids is 1. The van der Waals surface area contributed by atoms with Crippen LogP contribution in [-0.2, 0) is 11.3 Å². The SMILES string of the molecule is O=C(Nc1nc[nH]c1C(=O)O)OCc1ccccc1. The maximum absolute atomic E-state index is 11.5. The van der Waals surface area contributed by atoms with Gasteiger partial charge in [-0.05, 0) is 5.56 Å². The Morgan fingerprint density at radius 3 is 2.74 bits per heavy atom. The van der Waals surface area contributed by atoms with Crippen molar-refractivity contribution in [2.24, 2.45) is 0 Å². The van der Waals surface area contributed by atoms with Gasteiger partial charge >= 0.3 is 12.1 Å². The summed E-state index contributed by atoms with van der Waals surface area (Å²) in [4.78, 5) is 28.3. The third kappa shape index (κ3) is 3.32. The Balaban J connectivity index is 1.91. The zero-order valence-electron chi connectivity index (χ0n) is 9.79. The Bertz CT molecular complexity index is 580. The van der Waals surface area contributed by atoms with Crippen molar-refractivity contribution in [3.63, 3.8) is 0 Å². The lowest BCUT2D eigenvalue weighted by Gasteiger charge is -2.05. The quantitative estimate of drug-likeness (QED) is 0.779. The Morgan fingerprint density at radius 1 is 1.32 bits per heavy atom. The average molecular weight is 261 g/mol. The zero-order valence-corrected chi connectivity index (χ0v) is 9.79. The summed E-state index contributed by atoms with van der Waals surface area (Å²) < 4.78 is 4.94. The van der Waals surface area contributed by atoms with Gasteiger partial charge in [0.25, 0.3) is 0 Å². The van der Waals surface area contributed by atoms with Gasteiger partial charge in [-0.2, -0.15) is 0 Å². The van der Waals surface area contributed by atoms with Crippen LogP contribution in [0.3, 0.4) is 0 Å². The van der Waals surface area contributed by atoms with Crippen LogP contribution < -0.4 is 5.32 Å². The number of hydrogen-bond donors (Lipinski definition) is 3. The number of aromatic amines is 1. The Hall–Kier alpha value is -2.83. The summed E-state index contributed by atoms with van der Waals surface area (Å²) in [5.41, 5.74) is 0.634. The molecule has 19 heavy (non-hydrogen) atoms. The van der Waals surface area contributed by atoms with Crippen LogP contribution in [0.2, 0.25) is 0 Å². The lowest BCUT2D eigenvalue weighted by atomic mass is 10.2.